The molecule has 0 saturated heterocycles. The third kappa shape index (κ3) is 4.24. The van der Waals surface area contributed by atoms with Gasteiger partial charge in [0.1, 0.15) is 6.61 Å². The maximum absolute atomic E-state index is 10.5. The zero-order chi connectivity index (χ0) is 18.6. The second-order valence-corrected chi connectivity index (χ2v) is 7.14. The standard InChI is InChI=1S/C22H21ClN2O2/c23-19-6-7-20(24-14-19)17-12-18-15-25(9-8-16-4-2-1-3-5-16)10-11-27-22(18)21(26)13-17/h1-7,12-14,26H,8-11,15H2. The summed E-state index contributed by atoms with van der Waals surface area (Å²) in [5.41, 5.74) is 3.94. The average Bonchev–Trinajstić information content (AvgIpc) is 2.90. The zero-order valence-electron chi connectivity index (χ0n) is 14.9. The lowest BCUT2D eigenvalue weighted by molar-refractivity contribution is 0.225. The second-order valence-electron chi connectivity index (χ2n) is 6.71. The first-order chi connectivity index (χ1) is 13.2. The van der Waals surface area contributed by atoms with Crippen LogP contribution in [0.15, 0.2) is 60.8 Å². The fourth-order valence-corrected chi connectivity index (χ4v) is 3.48. The first-order valence-electron chi connectivity index (χ1n) is 9.06. The molecule has 0 bridgehead atoms. The summed E-state index contributed by atoms with van der Waals surface area (Å²) in [4.78, 5) is 6.72. The average molecular weight is 381 g/mol. The first kappa shape index (κ1) is 17.8. The summed E-state index contributed by atoms with van der Waals surface area (Å²) in [7, 11) is 0. The minimum absolute atomic E-state index is 0.157. The Kier molecular flexibility index (Phi) is 5.28. The largest absolute Gasteiger partial charge is 0.504 e. The van der Waals surface area contributed by atoms with E-state index in [4.69, 9.17) is 16.3 Å². The summed E-state index contributed by atoms with van der Waals surface area (Å²) in [6.45, 7) is 3.07. The van der Waals surface area contributed by atoms with Gasteiger partial charge in [-0.15, -0.1) is 0 Å². The molecule has 5 heteroatoms. The van der Waals surface area contributed by atoms with E-state index < -0.39 is 0 Å². The molecule has 1 aliphatic heterocycles. The van der Waals surface area contributed by atoms with Crippen LogP contribution in [0.2, 0.25) is 5.02 Å². The van der Waals surface area contributed by atoms with E-state index in [-0.39, 0.29) is 5.75 Å². The molecule has 2 aromatic carbocycles. The van der Waals surface area contributed by atoms with Crippen molar-refractivity contribution in [2.24, 2.45) is 0 Å². The summed E-state index contributed by atoms with van der Waals surface area (Å²) in [5.74, 6) is 0.735. The number of nitrogens with zero attached hydrogens (tertiary/aromatic N) is 2. The van der Waals surface area contributed by atoms with E-state index in [0.29, 0.717) is 17.4 Å². The second kappa shape index (κ2) is 7.99. The van der Waals surface area contributed by atoms with Crippen molar-refractivity contribution in [1.29, 1.82) is 0 Å². The van der Waals surface area contributed by atoms with Crippen LogP contribution in [-0.2, 0) is 13.0 Å². The number of hydrogen-bond acceptors (Lipinski definition) is 4. The molecule has 4 nitrogen and oxygen atoms in total. The van der Waals surface area contributed by atoms with Crippen molar-refractivity contribution in [1.82, 2.24) is 9.88 Å². The van der Waals surface area contributed by atoms with E-state index >= 15 is 0 Å². The van der Waals surface area contributed by atoms with Crippen LogP contribution in [0.4, 0.5) is 0 Å². The number of hydrogen-bond donors (Lipinski definition) is 1. The number of aromatic hydroxyl groups is 1. The summed E-state index contributed by atoms with van der Waals surface area (Å²) in [6.07, 6.45) is 2.60. The topological polar surface area (TPSA) is 45.6 Å². The summed E-state index contributed by atoms with van der Waals surface area (Å²) >= 11 is 5.93. The number of halogens is 1. The lowest BCUT2D eigenvalue weighted by Crippen LogP contribution is -2.27. The van der Waals surface area contributed by atoms with Gasteiger partial charge in [-0.05, 0) is 36.2 Å². The number of ether oxygens (including phenoxy) is 1. The lowest BCUT2D eigenvalue weighted by Gasteiger charge is -2.19. The van der Waals surface area contributed by atoms with E-state index in [1.165, 1.54) is 5.56 Å². The van der Waals surface area contributed by atoms with Gasteiger partial charge in [-0.3, -0.25) is 9.88 Å². The van der Waals surface area contributed by atoms with Crippen LogP contribution < -0.4 is 4.74 Å². The maximum Gasteiger partial charge on any atom is 0.165 e. The van der Waals surface area contributed by atoms with Gasteiger partial charge in [0.05, 0.1) is 10.7 Å². The van der Waals surface area contributed by atoms with E-state index in [1.807, 2.05) is 18.2 Å². The van der Waals surface area contributed by atoms with E-state index in [2.05, 4.69) is 34.1 Å². The van der Waals surface area contributed by atoms with Gasteiger partial charge in [-0.1, -0.05) is 41.9 Å². The predicted octanol–water partition coefficient (Wildman–Crippen LogP) is 4.54. The van der Waals surface area contributed by atoms with Gasteiger partial charge < -0.3 is 9.84 Å². The fourth-order valence-electron chi connectivity index (χ4n) is 3.37. The molecule has 0 spiro atoms. The highest BCUT2D eigenvalue weighted by molar-refractivity contribution is 6.30. The van der Waals surface area contributed by atoms with Crippen molar-refractivity contribution in [3.63, 3.8) is 0 Å². The maximum atomic E-state index is 10.5. The van der Waals surface area contributed by atoms with Crippen LogP contribution in [0.25, 0.3) is 11.3 Å². The number of pyridine rings is 1. The lowest BCUT2D eigenvalue weighted by atomic mass is 10.0. The SMILES string of the molecule is Oc1cc(-c2ccc(Cl)cn2)cc2c1OCCN(CCc1ccccc1)C2. The molecule has 0 radical (unpaired) electrons. The highest BCUT2D eigenvalue weighted by Gasteiger charge is 2.20. The normalized spacial score (nSPS) is 14.3. The molecule has 1 N–H and O–H groups in total. The van der Waals surface area contributed by atoms with Crippen LogP contribution in [0, 0.1) is 0 Å². The van der Waals surface area contributed by atoms with Gasteiger partial charge in [0.2, 0.25) is 0 Å². The molecule has 0 saturated carbocycles. The summed E-state index contributed by atoms with van der Waals surface area (Å²) < 4.78 is 5.84. The zero-order valence-corrected chi connectivity index (χ0v) is 15.7. The smallest absolute Gasteiger partial charge is 0.165 e. The fraction of sp³-hybridized carbons (Fsp3) is 0.227. The molecule has 1 aromatic heterocycles. The number of aromatic nitrogens is 1. The molecule has 2 heterocycles. The van der Waals surface area contributed by atoms with Gasteiger partial charge >= 0.3 is 0 Å². The van der Waals surface area contributed by atoms with Crippen molar-refractivity contribution < 1.29 is 9.84 Å². The van der Waals surface area contributed by atoms with Crippen molar-refractivity contribution >= 4 is 11.6 Å². The summed E-state index contributed by atoms with van der Waals surface area (Å²) in [6, 6.07) is 17.9. The Morgan fingerprint density at radius 2 is 1.96 bits per heavy atom. The number of phenolic OH excluding ortho intramolecular Hbond substituents is 1. The molecule has 0 fully saturated rings. The Bertz CT molecular complexity index is 914. The van der Waals surface area contributed by atoms with Crippen LogP contribution in [-0.4, -0.2) is 34.7 Å². The van der Waals surface area contributed by atoms with E-state index in [0.717, 1.165) is 42.9 Å². The van der Waals surface area contributed by atoms with Crippen LogP contribution >= 0.6 is 11.6 Å². The highest BCUT2D eigenvalue weighted by atomic mass is 35.5. The molecule has 1 aliphatic rings. The predicted molar refractivity (Wildman–Crippen MR) is 107 cm³/mol. The monoisotopic (exact) mass is 380 g/mol. The van der Waals surface area contributed by atoms with Crippen LogP contribution in [0.5, 0.6) is 11.5 Å². The summed E-state index contributed by atoms with van der Waals surface area (Å²) in [5, 5.41) is 11.1. The van der Waals surface area contributed by atoms with E-state index in [9.17, 15) is 5.11 Å². The number of fused-ring (bicyclic) bond motifs is 1. The molecule has 138 valence electrons. The third-order valence-corrected chi connectivity index (χ3v) is 5.00. The number of phenols is 1. The third-order valence-electron chi connectivity index (χ3n) is 4.78. The minimum Gasteiger partial charge on any atom is -0.504 e. The Balaban J connectivity index is 1.56. The highest BCUT2D eigenvalue weighted by Crippen LogP contribution is 2.37. The van der Waals surface area contributed by atoms with Crippen molar-refractivity contribution in [2.75, 3.05) is 19.7 Å². The number of benzene rings is 2. The van der Waals surface area contributed by atoms with Crippen LogP contribution in [0.1, 0.15) is 11.1 Å². The van der Waals surface area contributed by atoms with Gasteiger partial charge in [-0.2, -0.15) is 0 Å². The van der Waals surface area contributed by atoms with Gasteiger partial charge in [0, 0.05) is 37.0 Å². The molecular formula is C22H21ClN2O2. The molecule has 27 heavy (non-hydrogen) atoms. The Labute approximate surface area is 164 Å². The molecule has 0 aliphatic carbocycles. The Hall–Kier alpha value is -2.56. The van der Waals surface area contributed by atoms with Crippen molar-refractivity contribution in [3.05, 3.63) is 76.9 Å². The van der Waals surface area contributed by atoms with Crippen LogP contribution in [0.3, 0.4) is 0 Å². The van der Waals surface area contributed by atoms with Gasteiger partial charge in [0.25, 0.3) is 0 Å². The number of rotatable bonds is 4. The Morgan fingerprint density at radius 3 is 2.74 bits per heavy atom. The quantitative estimate of drug-likeness (QED) is 0.721. The van der Waals surface area contributed by atoms with E-state index in [1.54, 1.807) is 18.3 Å². The molecular weight excluding hydrogens is 360 g/mol. The minimum atomic E-state index is 0.157. The van der Waals surface area contributed by atoms with Crippen molar-refractivity contribution in [3.8, 4) is 22.8 Å². The van der Waals surface area contributed by atoms with Gasteiger partial charge in [-0.25, -0.2) is 0 Å². The molecule has 3 aromatic rings. The molecule has 0 unspecified atom stereocenters. The molecule has 0 amide bonds. The molecule has 0 atom stereocenters. The Morgan fingerprint density at radius 1 is 1.11 bits per heavy atom. The van der Waals surface area contributed by atoms with Gasteiger partial charge in [0.15, 0.2) is 11.5 Å². The first-order valence-corrected chi connectivity index (χ1v) is 9.44. The van der Waals surface area contributed by atoms with Crippen molar-refractivity contribution in [2.45, 2.75) is 13.0 Å². The molecule has 4 rings (SSSR count).